The molecule has 2 aromatic heterocycles. The fourth-order valence-corrected chi connectivity index (χ4v) is 4.60. The van der Waals surface area contributed by atoms with Crippen LogP contribution in [0.1, 0.15) is 17.9 Å². The van der Waals surface area contributed by atoms with Crippen molar-refractivity contribution in [1.29, 1.82) is 0 Å². The summed E-state index contributed by atoms with van der Waals surface area (Å²) in [5, 5.41) is 3.72. The standard InChI is InChI=1S/C14H16BrN3O4S/c1-9-14(10(2)22-17-9)23(19,20)18-6-5-12(8-18)21-13-4-3-11(15)7-16-13/h3-4,7,12H,5-6,8H2,1-2H3. The first-order valence-corrected chi connectivity index (χ1v) is 9.32. The summed E-state index contributed by atoms with van der Waals surface area (Å²) in [7, 11) is -3.62. The van der Waals surface area contributed by atoms with Crippen LogP contribution in [0.5, 0.6) is 5.88 Å². The zero-order valence-corrected chi connectivity index (χ0v) is 15.1. The zero-order valence-electron chi connectivity index (χ0n) is 12.7. The first kappa shape index (κ1) is 16.4. The summed E-state index contributed by atoms with van der Waals surface area (Å²) >= 11 is 3.31. The smallest absolute Gasteiger partial charge is 0.248 e. The van der Waals surface area contributed by atoms with Crippen molar-refractivity contribution in [2.24, 2.45) is 0 Å². The van der Waals surface area contributed by atoms with Crippen molar-refractivity contribution in [3.8, 4) is 5.88 Å². The molecule has 0 bridgehead atoms. The summed E-state index contributed by atoms with van der Waals surface area (Å²) < 4.78 is 38.5. The predicted molar refractivity (Wildman–Crippen MR) is 85.7 cm³/mol. The first-order valence-electron chi connectivity index (χ1n) is 7.09. The molecular weight excluding hydrogens is 386 g/mol. The Hall–Kier alpha value is -1.45. The molecule has 0 radical (unpaired) electrons. The lowest BCUT2D eigenvalue weighted by molar-refractivity contribution is 0.207. The summed E-state index contributed by atoms with van der Waals surface area (Å²) in [4.78, 5) is 4.30. The van der Waals surface area contributed by atoms with Gasteiger partial charge < -0.3 is 9.26 Å². The van der Waals surface area contributed by atoms with E-state index >= 15 is 0 Å². The molecule has 3 heterocycles. The summed E-state index contributed by atoms with van der Waals surface area (Å²) in [5.41, 5.74) is 0.376. The summed E-state index contributed by atoms with van der Waals surface area (Å²) in [6.07, 6.45) is 2.03. The molecule has 0 aromatic carbocycles. The number of ether oxygens (including phenoxy) is 1. The Labute approximate surface area is 142 Å². The molecule has 0 saturated carbocycles. The average molecular weight is 402 g/mol. The van der Waals surface area contributed by atoms with Gasteiger partial charge in [0.25, 0.3) is 0 Å². The van der Waals surface area contributed by atoms with Crippen LogP contribution in [0.25, 0.3) is 0 Å². The van der Waals surface area contributed by atoms with Gasteiger partial charge in [0.1, 0.15) is 16.7 Å². The van der Waals surface area contributed by atoms with Crippen molar-refractivity contribution in [3.05, 3.63) is 34.3 Å². The Morgan fingerprint density at radius 1 is 1.39 bits per heavy atom. The Balaban J connectivity index is 1.73. The van der Waals surface area contributed by atoms with E-state index in [0.717, 1.165) is 4.47 Å². The van der Waals surface area contributed by atoms with Crippen LogP contribution >= 0.6 is 15.9 Å². The lowest BCUT2D eigenvalue weighted by atomic mass is 10.3. The molecule has 3 rings (SSSR count). The Bertz CT molecular complexity index is 784. The Morgan fingerprint density at radius 2 is 2.17 bits per heavy atom. The Morgan fingerprint density at radius 3 is 2.78 bits per heavy atom. The van der Waals surface area contributed by atoms with Gasteiger partial charge in [0.2, 0.25) is 15.9 Å². The predicted octanol–water partition coefficient (Wildman–Crippen LogP) is 2.29. The minimum absolute atomic E-state index is 0.153. The van der Waals surface area contributed by atoms with Crippen LogP contribution in [-0.4, -0.2) is 42.1 Å². The highest BCUT2D eigenvalue weighted by atomic mass is 79.9. The van der Waals surface area contributed by atoms with Crippen molar-refractivity contribution in [3.63, 3.8) is 0 Å². The van der Waals surface area contributed by atoms with Gasteiger partial charge in [-0.15, -0.1) is 0 Å². The Kier molecular flexibility index (Phi) is 4.43. The molecule has 0 N–H and O–H groups in total. The van der Waals surface area contributed by atoms with E-state index in [0.29, 0.717) is 30.3 Å². The van der Waals surface area contributed by atoms with Gasteiger partial charge in [-0.25, -0.2) is 13.4 Å². The number of halogens is 1. The van der Waals surface area contributed by atoms with Crippen LogP contribution in [0.15, 0.2) is 32.2 Å². The average Bonchev–Trinajstić information content (AvgIpc) is 3.09. The number of aromatic nitrogens is 2. The highest BCUT2D eigenvalue weighted by molar-refractivity contribution is 9.10. The molecule has 1 atom stereocenters. The molecule has 1 aliphatic rings. The van der Waals surface area contributed by atoms with Crippen molar-refractivity contribution < 1.29 is 17.7 Å². The van der Waals surface area contributed by atoms with Crippen LogP contribution in [0.3, 0.4) is 0 Å². The van der Waals surface area contributed by atoms with Crippen molar-refractivity contribution in [1.82, 2.24) is 14.4 Å². The van der Waals surface area contributed by atoms with Gasteiger partial charge in [0.15, 0.2) is 5.76 Å². The fraction of sp³-hybridized carbons (Fsp3) is 0.429. The maximum absolute atomic E-state index is 12.7. The normalized spacial score (nSPS) is 19.2. The third-order valence-electron chi connectivity index (χ3n) is 3.66. The lowest BCUT2D eigenvalue weighted by Crippen LogP contribution is -2.31. The number of nitrogens with zero attached hydrogens (tertiary/aromatic N) is 3. The van der Waals surface area contributed by atoms with Gasteiger partial charge in [0.05, 0.1) is 6.54 Å². The van der Waals surface area contributed by atoms with Gasteiger partial charge in [-0.05, 0) is 42.3 Å². The summed E-state index contributed by atoms with van der Waals surface area (Å²) in [5.74, 6) is 0.788. The van der Waals surface area contributed by atoms with Crippen LogP contribution in [0.4, 0.5) is 0 Å². The molecule has 1 aliphatic heterocycles. The molecule has 1 saturated heterocycles. The van der Waals surface area contributed by atoms with E-state index in [4.69, 9.17) is 9.26 Å². The van der Waals surface area contributed by atoms with E-state index in [9.17, 15) is 8.42 Å². The van der Waals surface area contributed by atoms with E-state index in [2.05, 4.69) is 26.1 Å². The number of hydrogen-bond acceptors (Lipinski definition) is 6. The second kappa shape index (κ2) is 6.21. The largest absolute Gasteiger partial charge is 0.473 e. The number of aryl methyl sites for hydroxylation is 2. The topological polar surface area (TPSA) is 85.5 Å². The van der Waals surface area contributed by atoms with Crippen molar-refractivity contribution in [2.75, 3.05) is 13.1 Å². The van der Waals surface area contributed by atoms with Crippen molar-refractivity contribution >= 4 is 26.0 Å². The fourth-order valence-electron chi connectivity index (χ4n) is 2.59. The van der Waals surface area contributed by atoms with Gasteiger partial charge in [0, 0.05) is 23.3 Å². The van der Waals surface area contributed by atoms with E-state index in [1.165, 1.54) is 4.31 Å². The van der Waals surface area contributed by atoms with Crippen LogP contribution in [0, 0.1) is 13.8 Å². The van der Waals surface area contributed by atoms with Crippen molar-refractivity contribution in [2.45, 2.75) is 31.3 Å². The molecule has 7 nitrogen and oxygen atoms in total. The van der Waals surface area contributed by atoms with Gasteiger partial charge in [-0.3, -0.25) is 0 Å². The molecule has 124 valence electrons. The highest BCUT2D eigenvalue weighted by Crippen LogP contribution is 2.27. The molecule has 0 amide bonds. The molecule has 1 unspecified atom stereocenters. The van der Waals surface area contributed by atoms with Crippen LogP contribution in [-0.2, 0) is 10.0 Å². The molecule has 9 heteroatoms. The number of rotatable bonds is 4. The van der Waals surface area contributed by atoms with Gasteiger partial charge in [-0.2, -0.15) is 4.31 Å². The molecule has 0 spiro atoms. The monoisotopic (exact) mass is 401 g/mol. The molecule has 0 aliphatic carbocycles. The van der Waals surface area contributed by atoms with E-state index in [1.807, 2.05) is 6.07 Å². The van der Waals surface area contributed by atoms with E-state index in [1.54, 1.807) is 26.1 Å². The minimum Gasteiger partial charge on any atom is -0.473 e. The zero-order chi connectivity index (χ0) is 16.6. The quantitative estimate of drug-likeness (QED) is 0.780. The molecule has 1 fully saturated rings. The van der Waals surface area contributed by atoms with E-state index in [-0.39, 0.29) is 17.5 Å². The third-order valence-corrected chi connectivity index (χ3v) is 6.24. The van der Waals surface area contributed by atoms with Gasteiger partial charge in [-0.1, -0.05) is 5.16 Å². The van der Waals surface area contributed by atoms with Crippen LogP contribution in [0.2, 0.25) is 0 Å². The maximum Gasteiger partial charge on any atom is 0.248 e. The number of pyridine rings is 1. The third kappa shape index (κ3) is 3.26. The SMILES string of the molecule is Cc1noc(C)c1S(=O)(=O)N1CCC(Oc2ccc(Br)cn2)C1. The summed E-state index contributed by atoms with van der Waals surface area (Å²) in [6, 6.07) is 3.57. The van der Waals surface area contributed by atoms with Gasteiger partial charge >= 0.3 is 0 Å². The number of hydrogen-bond donors (Lipinski definition) is 0. The van der Waals surface area contributed by atoms with Crippen LogP contribution < -0.4 is 4.74 Å². The molecular formula is C14H16BrN3O4S. The second-order valence-electron chi connectivity index (χ2n) is 5.36. The maximum atomic E-state index is 12.7. The lowest BCUT2D eigenvalue weighted by Gasteiger charge is -2.16. The highest BCUT2D eigenvalue weighted by Gasteiger charge is 2.37. The summed E-state index contributed by atoms with van der Waals surface area (Å²) in [6.45, 7) is 3.90. The number of sulfonamides is 1. The van der Waals surface area contributed by atoms with E-state index < -0.39 is 10.0 Å². The molecule has 2 aromatic rings. The molecule has 23 heavy (non-hydrogen) atoms. The first-order chi connectivity index (χ1) is 10.9. The second-order valence-corrected chi connectivity index (χ2v) is 8.15. The minimum atomic E-state index is -3.62.